The van der Waals surface area contributed by atoms with Crippen LogP contribution in [0.1, 0.15) is 188 Å². The van der Waals surface area contributed by atoms with E-state index in [-0.39, 0.29) is 10.8 Å². The summed E-state index contributed by atoms with van der Waals surface area (Å²) in [7, 11) is 0. The molecule has 3 aliphatic carbocycles. The summed E-state index contributed by atoms with van der Waals surface area (Å²) in [6.07, 6.45) is 44.7. The predicted octanol–water partition coefficient (Wildman–Crippen LogP) is 15.2. The first-order valence-corrected chi connectivity index (χ1v) is 23.0. The Bertz CT molecular complexity index is 1650. The lowest BCUT2D eigenvalue weighted by Crippen LogP contribution is -2.28. The summed E-state index contributed by atoms with van der Waals surface area (Å²) in [4.78, 5) is 2.74. The minimum Gasteiger partial charge on any atom is -0.344 e. The van der Waals surface area contributed by atoms with E-state index in [4.69, 9.17) is 0 Å². The molecule has 0 spiro atoms. The van der Waals surface area contributed by atoms with Crippen molar-refractivity contribution in [3.05, 3.63) is 100.0 Å². The van der Waals surface area contributed by atoms with E-state index >= 15 is 0 Å². The van der Waals surface area contributed by atoms with E-state index in [0.717, 1.165) is 13.1 Å². The minimum atomic E-state index is 0.0181. The molecule has 5 aliphatic rings. The standard InChI is InChI=1S/C52H77N2/c1-7-9-11-13-15-17-19-25-35-53-47-29-23-21-27-45(47)51(3,4)49(53)39-41-31-33-43-34-32-42(38-44(43)37-41)40-50-52(5,6)46-28-22-24-30-48(46)54(50)36-26-20-18-16-14-12-10-8-2/h21,23-24,27,29-30,37-40,43H,7-20,22,25-26,28,31-36H2,1-6H3/q+1. The molecule has 0 N–H and O–H groups in total. The Morgan fingerprint density at radius 2 is 1.35 bits per heavy atom. The normalized spacial score (nSPS) is 22.9. The number of unbranched alkanes of at least 4 members (excludes halogenated alkanes) is 14. The third-order valence-corrected chi connectivity index (χ3v) is 13.8. The van der Waals surface area contributed by atoms with E-state index in [9.17, 15) is 0 Å². The Labute approximate surface area is 332 Å². The van der Waals surface area contributed by atoms with E-state index in [1.165, 1.54) is 169 Å². The molecule has 2 nitrogen and oxygen atoms in total. The van der Waals surface area contributed by atoms with Gasteiger partial charge in [0.2, 0.25) is 5.69 Å². The average molecular weight is 730 g/mol. The fraction of sp³-hybridized carbons (Fsp3) is 0.635. The van der Waals surface area contributed by atoms with Gasteiger partial charge in [0.05, 0.1) is 5.41 Å². The molecule has 2 heterocycles. The number of fused-ring (bicyclic) bond motifs is 2. The third kappa shape index (κ3) is 9.56. The summed E-state index contributed by atoms with van der Waals surface area (Å²) < 4.78 is 2.70. The van der Waals surface area contributed by atoms with Gasteiger partial charge in [-0.05, 0) is 106 Å². The topological polar surface area (TPSA) is 6.25 Å². The lowest BCUT2D eigenvalue weighted by Gasteiger charge is -2.32. The van der Waals surface area contributed by atoms with E-state index < -0.39 is 0 Å². The molecule has 1 aromatic carbocycles. The molecule has 0 radical (unpaired) electrons. The van der Waals surface area contributed by atoms with E-state index in [1.807, 2.05) is 0 Å². The lowest BCUT2D eigenvalue weighted by atomic mass is 9.75. The molecule has 0 saturated heterocycles. The number of hydrogen-bond donors (Lipinski definition) is 0. The van der Waals surface area contributed by atoms with Crippen molar-refractivity contribution >= 4 is 11.4 Å². The molecule has 2 aliphatic heterocycles. The maximum atomic E-state index is 2.74. The van der Waals surface area contributed by atoms with Gasteiger partial charge in [-0.2, -0.15) is 4.58 Å². The first-order chi connectivity index (χ1) is 26.3. The summed E-state index contributed by atoms with van der Waals surface area (Å²) in [6.45, 7) is 16.8. The average Bonchev–Trinajstić information content (AvgIpc) is 3.52. The first kappa shape index (κ1) is 40.8. The summed E-state index contributed by atoms with van der Waals surface area (Å²) in [6, 6.07) is 9.24. The van der Waals surface area contributed by atoms with Crippen LogP contribution in [-0.4, -0.2) is 28.3 Å². The van der Waals surface area contributed by atoms with Crippen molar-refractivity contribution in [2.75, 3.05) is 13.1 Å². The zero-order valence-electron chi connectivity index (χ0n) is 35.7. The van der Waals surface area contributed by atoms with Crippen molar-refractivity contribution in [2.45, 2.75) is 188 Å². The van der Waals surface area contributed by atoms with Gasteiger partial charge in [-0.25, -0.2) is 0 Å². The van der Waals surface area contributed by atoms with Gasteiger partial charge in [0, 0.05) is 47.5 Å². The number of rotatable bonds is 20. The first-order valence-electron chi connectivity index (χ1n) is 23.0. The largest absolute Gasteiger partial charge is 0.344 e. The van der Waals surface area contributed by atoms with Crippen LogP contribution < -0.4 is 0 Å². The van der Waals surface area contributed by atoms with Gasteiger partial charge in [-0.15, -0.1) is 0 Å². The third-order valence-electron chi connectivity index (χ3n) is 13.8. The predicted molar refractivity (Wildman–Crippen MR) is 235 cm³/mol. The molecule has 0 fully saturated rings. The van der Waals surface area contributed by atoms with Crippen molar-refractivity contribution in [3.8, 4) is 0 Å². The van der Waals surface area contributed by atoms with Crippen LogP contribution in [0.15, 0.2) is 94.4 Å². The molecule has 0 saturated carbocycles. The lowest BCUT2D eigenvalue weighted by molar-refractivity contribution is -0.438. The highest BCUT2D eigenvalue weighted by molar-refractivity contribution is 6.03. The maximum absolute atomic E-state index is 2.74. The number of nitrogens with zero attached hydrogens (tertiary/aromatic N) is 2. The van der Waals surface area contributed by atoms with E-state index in [0.29, 0.717) is 5.92 Å². The van der Waals surface area contributed by atoms with Gasteiger partial charge in [-0.3, -0.25) is 0 Å². The molecule has 1 unspecified atom stereocenters. The maximum Gasteiger partial charge on any atom is 0.209 e. The Morgan fingerprint density at radius 3 is 2.07 bits per heavy atom. The van der Waals surface area contributed by atoms with Crippen LogP contribution >= 0.6 is 0 Å². The molecular weight excluding hydrogens is 653 g/mol. The summed E-state index contributed by atoms with van der Waals surface area (Å²) >= 11 is 0. The SMILES string of the molecule is CCCCCCCCCCN1C2=C(CCC=C2)C(C)(C)/C1=C\C1=CC2=C/C(=C/C3=[N+](CCCCCCCCCC)c4ccccc4C3(C)C)CCC2CC1. The van der Waals surface area contributed by atoms with Crippen LogP contribution in [-0.2, 0) is 5.41 Å². The molecule has 6 rings (SSSR count). The summed E-state index contributed by atoms with van der Waals surface area (Å²) in [5.74, 6) is 0.704. The second kappa shape index (κ2) is 19.3. The van der Waals surface area contributed by atoms with Gasteiger partial charge >= 0.3 is 0 Å². The molecule has 2 heteroatoms. The van der Waals surface area contributed by atoms with Crippen LogP contribution in [0.2, 0.25) is 0 Å². The van der Waals surface area contributed by atoms with Gasteiger partial charge in [0.25, 0.3) is 0 Å². The highest BCUT2D eigenvalue weighted by Crippen LogP contribution is 2.51. The second-order valence-electron chi connectivity index (χ2n) is 18.6. The Kier molecular flexibility index (Phi) is 14.6. The molecule has 54 heavy (non-hydrogen) atoms. The summed E-state index contributed by atoms with van der Waals surface area (Å²) in [5, 5.41) is 0. The fourth-order valence-electron chi connectivity index (χ4n) is 10.4. The quantitative estimate of drug-likeness (QED) is 0.0957. The van der Waals surface area contributed by atoms with Crippen molar-refractivity contribution in [1.82, 2.24) is 4.90 Å². The molecule has 1 atom stereocenters. The Balaban J connectivity index is 1.20. The van der Waals surface area contributed by atoms with Crippen molar-refractivity contribution in [2.24, 2.45) is 11.3 Å². The molecule has 1 aromatic rings. The molecule has 0 amide bonds. The monoisotopic (exact) mass is 730 g/mol. The van der Waals surface area contributed by atoms with Crippen molar-refractivity contribution in [3.63, 3.8) is 0 Å². The molecular formula is C52H77N2+. The van der Waals surface area contributed by atoms with Crippen LogP contribution in [0.4, 0.5) is 5.69 Å². The number of hydrogen-bond acceptors (Lipinski definition) is 1. The second-order valence-corrected chi connectivity index (χ2v) is 18.6. The molecule has 294 valence electrons. The fourth-order valence-corrected chi connectivity index (χ4v) is 10.4. The highest BCUT2D eigenvalue weighted by Gasteiger charge is 2.45. The van der Waals surface area contributed by atoms with Crippen LogP contribution in [0.5, 0.6) is 0 Å². The van der Waals surface area contributed by atoms with Crippen LogP contribution in [0.25, 0.3) is 0 Å². The zero-order chi connectivity index (χ0) is 38.0. The Morgan fingerprint density at radius 1 is 0.704 bits per heavy atom. The number of allylic oxidation sites excluding steroid dienone is 10. The van der Waals surface area contributed by atoms with Crippen LogP contribution in [0, 0.1) is 11.3 Å². The van der Waals surface area contributed by atoms with E-state index in [2.05, 4.69) is 112 Å². The van der Waals surface area contributed by atoms with Crippen molar-refractivity contribution < 1.29 is 4.58 Å². The molecule has 0 bridgehead atoms. The van der Waals surface area contributed by atoms with Crippen molar-refractivity contribution in [1.29, 1.82) is 0 Å². The van der Waals surface area contributed by atoms with Gasteiger partial charge in [0.15, 0.2) is 5.71 Å². The van der Waals surface area contributed by atoms with Gasteiger partial charge in [0.1, 0.15) is 6.54 Å². The summed E-state index contributed by atoms with van der Waals surface area (Å²) in [5.41, 5.74) is 13.9. The zero-order valence-corrected chi connectivity index (χ0v) is 35.7. The van der Waals surface area contributed by atoms with Gasteiger partial charge < -0.3 is 4.90 Å². The molecule has 0 aromatic heterocycles. The highest BCUT2D eigenvalue weighted by atomic mass is 15.2. The number of para-hydroxylation sites is 1. The number of benzene rings is 1. The van der Waals surface area contributed by atoms with E-state index in [1.54, 1.807) is 22.4 Å². The smallest absolute Gasteiger partial charge is 0.209 e. The van der Waals surface area contributed by atoms with Crippen LogP contribution in [0.3, 0.4) is 0 Å². The Hall–Kier alpha value is -2.87. The minimum absolute atomic E-state index is 0.0181. The van der Waals surface area contributed by atoms with Gasteiger partial charge in [-0.1, -0.05) is 148 Å².